The molecule has 0 unspecified atom stereocenters. The van der Waals surface area contributed by atoms with Crippen molar-refractivity contribution in [2.75, 3.05) is 7.11 Å². The fourth-order valence-electron chi connectivity index (χ4n) is 1.60. The van der Waals surface area contributed by atoms with E-state index in [1.807, 2.05) is 0 Å². The van der Waals surface area contributed by atoms with Gasteiger partial charge >= 0.3 is 6.61 Å². The minimum Gasteiger partial charge on any atom is -0.493 e. The highest BCUT2D eigenvalue weighted by atomic mass is 19.3. The number of hydrogen-bond acceptors (Lipinski definition) is 4. The summed E-state index contributed by atoms with van der Waals surface area (Å²) in [6, 6.07) is 5.77. The Hall–Kier alpha value is -2.44. The Bertz CT molecular complexity index is 628. The van der Waals surface area contributed by atoms with E-state index in [0.717, 1.165) is 0 Å². The molecule has 19 heavy (non-hydrogen) atoms. The van der Waals surface area contributed by atoms with Crippen LogP contribution in [0.4, 0.5) is 8.78 Å². The molecule has 0 aliphatic carbocycles. The van der Waals surface area contributed by atoms with Gasteiger partial charge in [0.1, 0.15) is 0 Å². The minimum atomic E-state index is -2.94. The van der Waals surface area contributed by atoms with E-state index in [1.165, 1.54) is 37.6 Å². The molecule has 0 bridgehead atoms. The predicted molar refractivity (Wildman–Crippen MR) is 63.5 cm³/mol. The molecule has 0 spiro atoms. The first-order valence-electron chi connectivity index (χ1n) is 5.28. The predicted octanol–water partition coefficient (Wildman–Crippen LogP) is 2.05. The summed E-state index contributed by atoms with van der Waals surface area (Å²) in [6.07, 6.45) is 1.42. The third-order valence-electron chi connectivity index (χ3n) is 2.42. The second kappa shape index (κ2) is 5.47. The van der Waals surface area contributed by atoms with Crippen molar-refractivity contribution in [1.82, 2.24) is 10.2 Å². The first kappa shape index (κ1) is 13.0. The van der Waals surface area contributed by atoms with Crippen LogP contribution in [-0.4, -0.2) is 23.9 Å². The van der Waals surface area contributed by atoms with Crippen molar-refractivity contribution >= 4 is 0 Å². The van der Waals surface area contributed by atoms with E-state index in [0.29, 0.717) is 11.1 Å². The summed E-state index contributed by atoms with van der Waals surface area (Å²) in [6.45, 7) is -2.94. The van der Waals surface area contributed by atoms with Crippen LogP contribution in [0.1, 0.15) is 0 Å². The van der Waals surface area contributed by atoms with Crippen LogP contribution in [0.3, 0.4) is 0 Å². The van der Waals surface area contributed by atoms with Gasteiger partial charge < -0.3 is 9.47 Å². The van der Waals surface area contributed by atoms with E-state index in [9.17, 15) is 13.6 Å². The maximum atomic E-state index is 12.2. The fraction of sp³-hybridized carbons (Fsp3) is 0.167. The maximum Gasteiger partial charge on any atom is 0.387 e. The summed E-state index contributed by atoms with van der Waals surface area (Å²) in [4.78, 5) is 11.6. The largest absolute Gasteiger partial charge is 0.493 e. The molecule has 100 valence electrons. The number of halogens is 2. The van der Waals surface area contributed by atoms with Gasteiger partial charge in [-0.3, -0.25) is 4.79 Å². The molecule has 1 heterocycles. The molecular formula is C12H10F2N2O3. The van der Waals surface area contributed by atoms with Crippen LogP contribution in [-0.2, 0) is 0 Å². The van der Waals surface area contributed by atoms with E-state index in [4.69, 9.17) is 4.74 Å². The third-order valence-corrected chi connectivity index (χ3v) is 2.42. The van der Waals surface area contributed by atoms with Gasteiger partial charge in [-0.25, -0.2) is 5.10 Å². The number of methoxy groups -OCH3 is 1. The molecule has 0 radical (unpaired) electrons. The first-order valence-corrected chi connectivity index (χ1v) is 5.28. The summed E-state index contributed by atoms with van der Waals surface area (Å²) >= 11 is 0. The average molecular weight is 268 g/mol. The van der Waals surface area contributed by atoms with Gasteiger partial charge in [-0.2, -0.15) is 13.9 Å². The molecule has 1 aromatic heterocycles. The second-order valence-electron chi connectivity index (χ2n) is 3.54. The number of H-pyrrole nitrogens is 1. The normalized spacial score (nSPS) is 10.5. The summed E-state index contributed by atoms with van der Waals surface area (Å²) in [5.41, 5.74) is 0.492. The Morgan fingerprint density at radius 1 is 1.26 bits per heavy atom. The van der Waals surface area contributed by atoms with Crippen LogP contribution in [0, 0.1) is 0 Å². The molecule has 2 aromatic rings. The van der Waals surface area contributed by atoms with Crippen LogP contribution in [0.5, 0.6) is 11.5 Å². The Morgan fingerprint density at radius 3 is 2.68 bits per heavy atom. The van der Waals surface area contributed by atoms with Crippen molar-refractivity contribution in [2.24, 2.45) is 0 Å². The van der Waals surface area contributed by atoms with Gasteiger partial charge in [0.05, 0.1) is 12.7 Å². The quantitative estimate of drug-likeness (QED) is 0.921. The van der Waals surface area contributed by atoms with Crippen molar-refractivity contribution in [3.05, 3.63) is 40.8 Å². The Labute approximate surface area is 106 Å². The highest BCUT2D eigenvalue weighted by Crippen LogP contribution is 2.32. The van der Waals surface area contributed by atoms with Crippen LogP contribution in [0.15, 0.2) is 35.3 Å². The molecule has 7 heteroatoms. The number of ether oxygens (including phenoxy) is 2. The van der Waals surface area contributed by atoms with Crippen molar-refractivity contribution in [3.8, 4) is 22.6 Å². The topological polar surface area (TPSA) is 64.2 Å². The molecule has 0 saturated carbocycles. The van der Waals surface area contributed by atoms with Gasteiger partial charge in [-0.15, -0.1) is 0 Å². The Morgan fingerprint density at radius 2 is 2.05 bits per heavy atom. The SMILES string of the molecule is COc1cc(-c2ccn[nH]c2=O)ccc1OC(F)F. The summed E-state index contributed by atoms with van der Waals surface area (Å²) in [5.74, 6) is 0.0285. The molecule has 0 amide bonds. The number of hydrogen-bond donors (Lipinski definition) is 1. The molecule has 0 fully saturated rings. The van der Waals surface area contributed by atoms with E-state index >= 15 is 0 Å². The summed E-state index contributed by atoms with van der Waals surface area (Å²) < 4.78 is 33.6. The lowest BCUT2D eigenvalue weighted by Crippen LogP contribution is -2.09. The van der Waals surface area contributed by atoms with Gasteiger partial charge in [-0.1, -0.05) is 6.07 Å². The Balaban J connectivity index is 2.45. The molecule has 0 atom stereocenters. The van der Waals surface area contributed by atoms with E-state index in [-0.39, 0.29) is 17.1 Å². The number of benzene rings is 1. The molecule has 0 aliphatic heterocycles. The summed E-state index contributed by atoms with van der Waals surface area (Å²) in [5, 5.41) is 5.86. The second-order valence-corrected chi connectivity index (χ2v) is 3.54. The standard InChI is InChI=1S/C12H10F2N2O3/c1-18-10-6-7(2-3-9(10)19-12(13)14)8-4-5-15-16-11(8)17/h2-6,12H,1H3,(H,16,17). The number of alkyl halides is 2. The molecule has 1 N–H and O–H groups in total. The van der Waals surface area contributed by atoms with Gasteiger partial charge in [0.2, 0.25) is 0 Å². The average Bonchev–Trinajstić information content (AvgIpc) is 2.39. The van der Waals surface area contributed by atoms with Crippen molar-refractivity contribution in [1.29, 1.82) is 0 Å². The monoisotopic (exact) mass is 268 g/mol. The van der Waals surface area contributed by atoms with Crippen LogP contribution in [0.25, 0.3) is 11.1 Å². The lowest BCUT2D eigenvalue weighted by molar-refractivity contribution is -0.0512. The third kappa shape index (κ3) is 2.87. The molecule has 5 nitrogen and oxygen atoms in total. The summed E-state index contributed by atoms with van der Waals surface area (Å²) in [7, 11) is 1.33. The lowest BCUT2D eigenvalue weighted by atomic mass is 10.1. The van der Waals surface area contributed by atoms with Crippen LogP contribution in [0.2, 0.25) is 0 Å². The first-order chi connectivity index (χ1) is 9.11. The van der Waals surface area contributed by atoms with Crippen LogP contribution < -0.4 is 15.0 Å². The van der Waals surface area contributed by atoms with Crippen molar-refractivity contribution < 1.29 is 18.3 Å². The van der Waals surface area contributed by atoms with E-state index in [1.54, 1.807) is 0 Å². The van der Waals surface area contributed by atoms with Gasteiger partial charge in [0.25, 0.3) is 5.56 Å². The van der Waals surface area contributed by atoms with Gasteiger partial charge in [0.15, 0.2) is 11.5 Å². The number of rotatable bonds is 4. The zero-order chi connectivity index (χ0) is 13.8. The van der Waals surface area contributed by atoms with Gasteiger partial charge in [0, 0.05) is 6.20 Å². The fourth-order valence-corrected chi connectivity index (χ4v) is 1.60. The zero-order valence-corrected chi connectivity index (χ0v) is 9.89. The minimum absolute atomic E-state index is 0.0910. The number of nitrogens with zero attached hydrogens (tertiary/aromatic N) is 1. The van der Waals surface area contributed by atoms with Gasteiger partial charge in [-0.05, 0) is 23.8 Å². The maximum absolute atomic E-state index is 12.2. The van der Waals surface area contributed by atoms with E-state index < -0.39 is 6.61 Å². The molecule has 1 aromatic carbocycles. The lowest BCUT2D eigenvalue weighted by Gasteiger charge is -2.11. The molecule has 2 rings (SSSR count). The zero-order valence-electron chi connectivity index (χ0n) is 9.89. The highest BCUT2D eigenvalue weighted by Gasteiger charge is 2.12. The number of aromatic nitrogens is 2. The molecule has 0 aliphatic rings. The number of aromatic amines is 1. The molecule has 0 saturated heterocycles. The number of nitrogens with one attached hydrogen (secondary N) is 1. The Kier molecular flexibility index (Phi) is 3.74. The molecular weight excluding hydrogens is 258 g/mol. The van der Waals surface area contributed by atoms with E-state index in [2.05, 4.69) is 14.9 Å². The smallest absolute Gasteiger partial charge is 0.387 e. The van der Waals surface area contributed by atoms with Crippen molar-refractivity contribution in [3.63, 3.8) is 0 Å². The highest BCUT2D eigenvalue weighted by molar-refractivity contribution is 5.66. The van der Waals surface area contributed by atoms with Crippen molar-refractivity contribution in [2.45, 2.75) is 6.61 Å². The van der Waals surface area contributed by atoms with Crippen LogP contribution >= 0.6 is 0 Å².